The topological polar surface area (TPSA) is 81.9 Å². The van der Waals surface area contributed by atoms with Crippen LogP contribution in [0.3, 0.4) is 0 Å². The van der Waals surface area contributed by atoms with E-state index in [4.69, 9.17) is 15.2 Å². The fourth-order valence-electron chi connectivity index (χ4n) is 2.37. The second kappa shape index (κ2) is 7.08. The Morgan fingerprint density at radius 1 is 1.33 bits per heavy atom. The number of amides is 1. The van der Waals surface area contributed by atoms with Gasteiger partial charge in [-0.1, -0.05) is 30.3 Å². The van der Waals surface area contributed by atoms with Gasteiger partial charge in [0.25, 0.3) is 0 Å². The number of methoxy groups -OCH3 is 1. The molecular formula is C15H20N2O4. The lowest BCUT2D eigenvalue weighted by Gasteiger charge is -2.35. The fraction of sp³-hybridized carbons (Fsp3) is 0.467. The molecule has 1 heterocycles. The van der Waals surface area contributed by atoms with Gasteiger partial charge in [0.15, 0.2) is 0 Å². The van der Waals surface area contributed by atoms with Crippen LogP contribution in [-0.4, -0.2) is 42.7 Å². The van der Waals surface area contributed by atoms with Crippen molar-refractivity contribution in [3.8, 4) is 0 Å². The van der Waals surface area contributed by atoms with Gasteiger partial charge in [-0.25, -0.2) is 9.59 Å². The number of nitrogens with two attached hydrogens (primary N) is 1. The Bertz CT molecular complexity index is 492. The Morgan fingerprint density at radius 3 is 2.71 bits per heavy atom. The van der Waals surface area contributed by atoms with Crippen LogP contribution in [0.1, 0.15) is 18.4 Å². The number of hydrogen-bond donors (Lipinski definition) is 1. The van der Waals surface area contributed by atoms with E-state index in [1.54, 1.807) is 0 Å². The Hall–Kier alpha value is -2.08. The van der Waals surface area contributed by atoms with Crippen molar-refractivity contribution in [2.45, 2.75) is 31.5 Å². The van der Waals surface area contributed by atoms with Gasteiger partial charge in [0.2, 0.25) is 0 Å². The van der Waals surface area contributed by atoms with Crippen LogP contribution < -0.4 is 5.73 Å². The van der Waals surface area contributed by atoms with Crippen molar-refractivity contribution >= 4 is 12.1 Å². The first-order chi connectivity index (χ1) is 10.1. The first kappa shape index (κ1) is 15.3. The predicted molar refractivity (Wildman–Crippen MR) is 76.3 cm³/mol. The maximum Gasteiger partial charge on any atom is 0.410 e. The van der Waals surface area contributed by atoms with E-state index < -0.39 is 18.1 Å². The minimum atomic E-state index is -0.665. The number of benzene rings is 1. The van der Waals surface area contributed by atoms with Crippen molar-refractivity contribution in [2.75, 3.05) is 13.7 Å². The maximum absolute atomic E-state index is 12.2. The third kappa shape index (κ3) is 3.95. The largest absolute Gasteiger partial charge is 0.467 e. The van der Waals surface area contributed by atoms with Crippen molar-refractivity contribution in [1.29, 1.82) is 0 Å². The summed E-state index contributed by atoms with van der Waals surface area (Å²) in [7, 11) is 1.30. The number of ether oxygens (including phenoxy) is 2. The molecule has 0 unspecified atom stereocenters. The van der Waals surface area contributed by atoms with Gasteiger partial charge in [-0.2, -0.15) is 0 Å². The van der Waals surface area contributed by atoms with E-state index in [9.17, 15) is 9.59 Å². The lowest BCUT2D eigenvalue weighted by atomic mass is 9.98. The van der Waals surface area contributed by atoms with Gasteiger partial charge in [-0.3, -0.25) is 4.90 Å². The molecule has 1 aromatic rings. The molecule has 0 radical (unpaired) electrons. The molecule has 2 N–H and O–H groups in total. The number of carbonyl (C=O) groups excluding carboxylic acids is 2. The average Bonchev–Trinajstić information content (AvgIpc) is 2.52. The number of likely N-dealkylation sites (tertiary alicyclic amines) is 1. The van der Waals surface area contributed by atoms with Crippen LogP contribution >= 0.6 is 0 Å². The van der Waals surface area contributed by atoms with E-state index in [1.807, 2.05) is 30.3 Å². The molecule has 1 fully saturated rings. The zero-order chi connectivity index (χ0) is 15.2. The van der Waals surface area contributed by atoms with E-state index in [1.165, 1.54) is 12.0 Å². The molecule has 0 saturated carbocycles. The average molecular weight is 292 g/mol. The molecule has 0 aliphatic carbocycles. The molecule has 6 nitrogen and oxygen atoms in total. The standard InChI is InChI=1S/C15H20N2O4/c1-20-14(18)13-9-12(16)7-8-17(13)15(19)21-10-11-5-3-2-4-6-11/h2-6,12-13H,7-10,16H2,1H3/t12-,13+/m1/s1. The summed E-state index contributed by atoms with van der Waals surface area (Å²) < 4.78 is 10.0. The van der Waals surface area contributed by atoms with Gasteiger partial charge in [0.05, 0.1) is 7.11 Å². The van der Waals surface area contributed by atoms with Crippen LogP contribution in [0.5, 0.6) is 0 Å². The molecule has 114 valence electrons. The number of carbonyl (C=O) groups is 2. The monoisotopic (exact) mass is 292 g/mol. The highest BCUT2D eigenvalue weighted by atomic mass is 16.6. The van der Waals surface area contributed by atoms with Crippen molar-refractivity contribution in [3.63, 3.8) is 0 Å². The van der Waals surface area contributed by atoms with Gasteiger partial charge in [-0.05, 0) is 18.4 Å². The number of hydrogen-bond acceptors (Lipinski definition) is 5. The zero-order valence-electron chi connectivity index (χ0n) is 12.0. The van der Waals surface area contributed by atoms with Gasteiger partial charge < -0.3 is 15.2 Å². The Balaban J connectivity index is 1.97. The predicted octanol–water partition coefficient (Wildman–Crippen LogP) is 1.29. The van der Waals surface area contributed by atoms with Gasteiger partial charge in [0, 0.05) is 12.6 Å². The molecule has 21 heavy (non-hydrogen) atoms. The lowest BCUT2D eigenvalue weighted by molar-refractivity contribution is -0.147. The summed E-state index contributed by atoms with van der Waals surface area (Å²) >= 11 is 0. The number of nitrogens with zero attached hydrogens (tertiary/aromatic N) is 1. The van der Waals surface area contributed by atoms with Crippen molar-refractivity contribution in [2.24, 2.45) is 5.73 Å². The van der Waals surface area contributed by atoms with Crippen molar-refractivity contribution in [1.82, 2.24) is 4.90 Å². The molecular weight excluding hydrogens is 272 g/mol. The third-order valence-corrected chi connectivity index (χ3v) is 3.56. The minimum Gasteiger partial charge on any atom is -0.467 e. The van der Waals surface area contributed by atoms with Gasteiger partial charge in [-0.15, -0.1) is 0 Å². The smallest absolute Gasteiger partial charge is 0.410 e. The van der Waals surface area contributed by atoms with Gasteiger partial charge >= 0.3 is 12.1 Å². The molecule has 2 rings (SSSR count). The molecule has 1 aliphatic rings. The highest BCUT2D eigenvalue weighted by molar-refractivity contribution is 5.81. The SMILES string of the molecule is COC(=O)[C@@H]1C[C@H](N)CCN1C(=O)OCc1ccccc1. The minimum absolute atomic E-state index is 0.104. The first-order valence-electron chi connectivity index (χ1n) is 6.92. The van der Waals surface area contributed by atoms with Crippen molar-refractivity contribution < 1.29 is 19.1 Å². The van der Waals surface area contributed by atoms with E-state index >= 15 is 0 Å². The van der Waals surface area contributed by atoms with E-state index in [0.29, 0.717) is 19.4 Å². The van der Waals surface area contributed by atoms with Crippen LogP contribution in [0.2, 0.25) is 0 Å². The van der Waals surface area contributed by atoms with Crippen LogP contribution in [-0.2, 0) is 20.9 Å². The highest BCUT2D eigenvalue weighted by Crippen LogP contribution is 2.19. The van der Waals surface area contributed by atoms with Crippen LogP contribution in [0.25, 0.3) is 0 Å². The molecule has 0 aromatic heterocycles. The lowest BCUT2D eigenvalue weighted by Crippen LogP contribution is -2.53. The second-order valence-corrected chi connectivity index (χ2v) is 5.06. The van der Waals surface area contributed by atoms with E-state index in [2.05, 4.69) is 0 Å². The Kier molecular flexibility index (Phi) is 5.16. The highest BCUT2D eigenvalue weighted by Gasteiger charge is 2.36. The third-order valence-electron chi connectivity index (χ3n) is 3.56. The summed E-state index contributed by atoms with van der Waals surface area (Å²) in [6, 6.07) is 8.62. The van der Waals surface area contributed by atoms with E-state index in [-0.39, 0.29) is 12.6 Å². The summed E-state index contributed by atoms with van der Waals surface area (Å²) in [6.07, 6.45) is 0.530. The molecule has 6 heteroatoms. The molecule has 1 amide bonds. The van der Waals surface area contributed by atoms with Crippen LogP contribution in [0, 0.1) is 0 Å². The normalized spacial score (nSPS) is 21.7. The summed E-state index contributed by atoms with van der Waals surface area (Å²) in [5.41, 5.74) is 6.76. The molecule has 0 bridgehead atoms. The maximum atomic E-state index is 12.2. The summed E-state index contributed by atoms with van der Waals surface area (Å²) in [6.45, 7) is 0.574. The Labute approximate surface area is 123 Å². The summed E-state index contributed by atoms with van der Waals surface area (Å²) in [5.74, 6) is -0.457. The van der Waals surface area contributed by atoms with E-state index in [0.717, 1.165) is 5.56 Å². The van der Waals surface area contributed by atoms with Crippen molar-refractivity contribution in [3.05, 3.63) is 35.9 Å². The first-order valence-corrected chi connectivity index (χ1v) is 6.92. The molecule has 0 spiro atoms. The summed E-state index contributed by atoms with van der Waals surface area (Å²) in [4.78, 5) is 25.3. The number of rotatable bonds is 3. The summed E-state index contributed by atoms with van der Waals surface area (Å²) in [5, 5.41) is 0. The molecule has 1 aromatic carbocycles. The zero-order valence-corrected chi connectivity index (χ0v) is 12.0. The molecule has 1 saturated heterocycles. The Morgan fingerprint density at radius 2 is 2.05 bits per heavy atom. The second-order valence-electron chi connectivity index (χ2n) is 5.06. The molecule has 1 aliphatic heterocycles. The van der Waals surface area contributed by atoms with Crippen LogP contribution in [0.4, 0.5) is 4.79 Å². The quantitative estimate of drug-likeness (QED) is 0.849. The van der Waals surface area contributed by atoms with Crippen LogP contribution in [0.15, 0.2) is 30.3 Å². The number of piperidine rings is 1. The fourth-order valence-corrected chi connectivity index (χ4v) is 2.37. The van der Waals surface area contributed by atoms with Gasteiger partial charge in [0.1, 0.15) is 12.6 Å². The molecule has 2 atom stereocenters. The number of esters is 1.